The van der Waals surface area contributed by atoms with E-state index in [2.05, 4.69) is 5.18 Å². The summed E-state index contributed by atoms with van der Waals surface area (Å²) < 4.78 is 0. The summed E-state index contributed by atoms with van der Waals surface area (Å²) in [6.45, 7) is 0. The third-order valence-electron chi connectivity index (χ3n) is 1.91. The highest BCUT2D eigenvalue weighted by Gasteiger charge is 2.18. The molecule has 0 aromatic heterocycles. The summed E-state index contributed by atoms with van der Waals surface area (Å²) in [6, 6.07) is 0. The molecule has 0 radical (unpaired) electrons. The van der Waals surface area contributed by atoms with Crippen LogP contribution in [0.4, 0.5) is 0 Å². The molecule has 0 aromatic rings. The fourth-order valence-electron chi connectivity index (χ4n) is 1.21. The van der Waals surface area contributed by atoms with Crippen LogP contribution in [0.15, 0.2) is 16.6 Å². The van der Waals surface area contributed by atoms with Crippen LogP contribution >= 0.6 is 0 Å². The maximum Gasteiger partial charge on any atom is 0.123 e. The minimum atomic E-state index is -0.0134. The molecule has 1 aliphatic rings. The summed E-state index contributed by atoms with van der Waals surface area (Å²) in [6.07, 6.45) is 2.61. The second kappa shape index (κ2) is 3.27. The molecule has 11 heavy (non-hydrogen) atoms. The number of nitrogens with two attached hydrogens (primary N) is 1. The van der Waals surface area contributed by atoms with Crippen molar-refractivity contribution >= 4 is 6.29 Å². The molecule has 1 atom stereocenters. The summed E-state index contributed by atoms with van der Waals surface area (Å²) in [5, 5.41) is 2.79. The largest absolute Gasteiger partial charge is 0.400 e. The Labute approximate surface area is 64.4 Å². The molecule has 0 saturated carbocycles. The third-order valence-corrected chi connectivity index (χ3v) is 1.91. The van der Waals surface area contributed by atoms with Crippen LogP contribution in [0.5, 0.6) is 0 Å². The van der Waals surface area contributed by atoms with Crippen molar-refractivity contribution in [1.29, 1.82) is 0 Å². The molecule has 0 amide bonds. The number of aldehydes is 1. The zero-order valence-corrected chi connectivity index (χ0v) is 6.12. The Hall–Kier alpha value is -1.19. The number of carbonyl (C=O) groups is 1. The standard InChI is InChI=1S/C7H10N2O2/c8-6-3-5(4-10)1-2-7(6)9-11/h4-5H,1-3,8H2. The highest BCUT2D eigenvalue weighted by atomic mass is 16.3. The van der Waals surface area contributed by atoms with Crippen LogP contribution in [-0.4, -0.2) is 6.29 Å². The summed E-state index contributed by atoms with van der Waals surface area (Å²) in [7, 11) is 0. The molecule has 1 aliphatic carbocycles. The molecule has 1 unspecified atom stereocenters. The van der Waals surface area contributed by atoms with Gasteiger partial charge in [0.1, 0.15) is 12.0 Å². The monoisotopic (exact) mass is 154 g/mol. The zero-order valence-electron chi connectivity index (χ0n) is 6.12. The Bertz CT molecular complexity index is 210. The van der Waals surface area contributed by atoms with E-state index in [1.54, 1.807) is 0 Å². The topological polar surface area (TPSA) is 72.5 Å². The maximum atomic E-state index is 10.3. The lowest BCUT2D eigenvalue weighted by Crippen LogP contribution is -2.15. The number of nitrogens with zero attached hydrogens (tertiary/aromatic N) is 1. The maximum absolute atomic E-state index is 10.3. The molecule has 4 heteroatoms. The van der Waals surface area contributed by atoms with Gasteiger partial charge in [0.2, 0.25) is 0 Å². The second-order valence-electron chi connectivity index (χ2n) is 2.70. The van der Waals surface area contributed by atoms with Gasteiger partial charge in [0.05, 0.1) is 0 Å². The van der Waals surface area contributed by atoms with Gasteiger partial charge >= 0.3 is 0 Å². The van der Waals surface area contributed by atoms with Crippen molar-refractivity contribution in [2.24, 2.45) is 16.8 Å². The highest BCUT2D eigenvalue weighted by Crippen LogP contribution is 2.25. The van der Waals surface area contributed by atoms with E-state index in [-0.39, 0.29) is 5.92 Å². The van der Waals surface area contributed by atoms with E-state index >= 15 is 0 Å². The van der Waals surface area contributed by atoms with E-state index in [9.17, 15) is 9.70 Å². The van der Waals surface area contributed by atoms with Crippen molar-refractivity contribution in [3.63, 3.8) is 0 Å². The molecule has 0 heterocycles. The Morgan fingerprint density at radius 1 is 1.64 bits per heavy atom. The molecule has 2 N–H and O–H groups in total. The average Bonchev–Trinajstić information content (AvgIpc) is 2.04. The van der Waals surface area contributed by atoms with E-state index in [0.717, 1.165) is 6.29 Å². The van der Waals surface area contributed by atoms with E-state index in [0.29, 0.717) is 30.7 Å². The molecule has 0 spiro atoms. The fourth-order valence-corrected chi connectivity index (χ4v) is 1.21. The van der Waals surface area contributed by atoms with E-state index in [1.807, 2.05) is 0 Å². The van der Waals surface area contributed by atoms with Gasteiger partial charge in [-0.25, -0.2) is 0 Å². The van der Waals surface area contributed by atoms with E-state index in [1.165, 1.54) is 0 Å². The lowest BCUT2D eigenvalue weighted by molar-refractivity contribution is -0.111. The van der Waals surface area contributed by atoms with Crippen molar-refractivity contribution in [3.05, 3.63) is 16.3 Å². The molecule has 60 valence electrons. The van der Waals surface area contributed by atoms with Crippen molar-refractivity contribution < 1.29 is 4.79 Å². The fraction of sp³-hybridized carbons (Fsp3) is 0.571. The van der Waals surface area contributed by atoms with Gasteiger partial charge in [-0.15, -0.1) is 4.91 Å². The average molecular weight is 154 g/mol. The van der Waals surface area contributed by atoms with Crippen molar-refractivity contribution in [1.82, 2.24) is 0 Å². The predicted octanol–water partition coefficient (Wildman–Crippen LogP) is 0.922. The number of carbonyl (C=O) groups excluding carboxylic acids is 1. The first-order valence-electron chi connectivity index (χ1n) is 3.54. The zero-order chi connectivity index (χ0) is 8.27. The normalized spacial score (nSPS) is 24.9. The Kier molecular flexibility index (Phi) is 2.36. The Morgan fingerprint density at radius 2 is 2.36 bits per heavy atom. The van der Waals surface area contributed by atoms with Crippen LogP contribution in [0.3, 0.4) is 0 Å². The van der Waals surface area contributed by atoms with Crippen LogP contribution in [0.1, 0.15) is 19.3 Å². The molecule has 0 aromatic carbocycles. The lowest BCUT2D eigenvalue weighted by atomic mass is 9.92. The molecule has 0 bridgehead atoms. The number of nitroso groups, excluding NO2 is 1. The second-order valence-corrected chi connectivity index (χ2v) is 2.70. The summed E-state index contributed by atoms with van der Waals surface area (Å²) in [5.74, 6) is -0.0134. The van der Waals surface area contributed by atoms with Crippen LogP contribution in [0.2, 0.25) is 0 Å². The van der Waals surface area contributed by atoms with Gasteiger partial charge in [-0.05, 0) is 24.4 Å². The van der Waals surface area contributed by atoms with Gasteiger partial charge in [0.15, 0.2) is 0 Å². The first-order chi connectivity index (χ1) is 5.27. The molecule has 1 rings (SSSR count). The molecule has 0 saturated heterocycles. The molecular formula is C7H10N2O2. The number of hydrogen-bond donors (Lipinski definition) is 1. The van der Waals surface area contributed by atoms with Gasteiger partial charge in [0, 0.05) is 11.6 Å². The van der Waals surface area contributed by atoms with Crippen LogP contribution in [-0.2, 0) is 4.79 Å². The molecular weight excluding hydrogens is 144 g/mol. The first-order valence-corrected chi connectivity index (χ1v) is 3.54. The van der Waals surface area contributed by atoms with Gasteiger partial charge in [0.25, 0.3) is 0 Å². The minimum absolute atomic E-state index is 0.0134. The first kappa shape index (κ1) is 7.91. The van der Waals surface area contributed by atoms with Crippen LogP contribution in [0, 0.1) is 10.8 Å². The molecule has 0 fully saturated rings. The summed E-state index contributed by atoms with van der Waals surface area (Å²) in [4.78, 5) is 20.4. The number of hydrogen-bond acceptors (Lipinski definition) is 4. The number of rotatable bonds is 2. The van der Waals surface area contributed by atoms with Gasteiger partial charge in [-0.2, -0.15) is 0 Å². The smallest absolute Gasteiger partial charge is 0.123 e. The van der Waals surface area contributed by atoms with E-state index in [4.69, 9.17) is 5.73 Å². The highest BCUT2D eigenvalue weighted by molar-refractivity contribution is 5.54. The summed E-state index contributed by atoms with van der Waals surface area (Å²) >= 11 is 0. The van der Waals surface area contributed by atoms with Crippen LogP contribution < -0.4 is 5.73 Å². The van der Waals surface area contributed by atoms with Crippen LogP contribution in [0.25, 0.3) is 0 Å². The van der Waals surface area contributed by atoms with Gasteiger partial charge in [-0.3, -0.25) is 0 Å². The van der Waals surface area contributed by atoms with Gasteiger partial charge in [-0.1, -0.05) is 0 Å². The van der Waals surface area contributed by atoms with E-state index < -0.39 is 0 Å². The SMILES string of the molecule is NC1=C(N=O)CCC(C=O)C1. The van der Waals surface area contributed by atoms with Crippen molar-refractivity contribution in [2.45, 2.75) is 19.3 Å². The third kappa shape index (κ3) is 1.63. The predicted molar refractivity (Wildman–Crippen MR) is 40.4 cm³/mol. The molecule has 4 nitrogen and oxygen atoms in total. The summed E-state index contributed by atoms with van der Waals surface area (Å²) in [5.41, 5.74) is 6.38. The van der Waals surface area contributed by atoms with Crippen molar-refractivity contribution in [3.8, 4) is 0 Å². The Balaban J connectivity index is 2.70. The number of allylic oxidation sites excluding steroid dienone is 2. The molecule has 0 aliphatic heterocycles. The minimum Gasteiger partial charge on any atom is -0.400 e. The Morgan fingerprint density at radius 3 is 2.82 bits per heavy atom. The quantitative estimate of drug-likeness (QED) is 0.474. The van der Waals surface area contributed by atoms with Crippen molar-refractivity contribution in [2.75, 3.05) is 0 Å². The lowest BCUT2D eigenvalue weighted by Gasteiger charge is -2.16. The van der Waals surface area contributed by atoms with Gasteiger partial charge < -0.3 is 10.5 Å².